The molecule has 6 nitrogen and oxygen atoms in total. The Labute approximate surface area is 93.1 Å². The number of nitrogens with two attached hydrogens (primary N) is 1. The number of nitrogens with zero attached hydrogens (tertiary/aromatic N) is 3. The Balaban J connectivity index is 2.07. The van der Waals surface area contributed by atoms with Crippen molar-refractivity contribution in [1.29, 1.82) is 0 Å². The molecule has 86 valence electrons. The number of carbonyl (C=O) groups is 1. The number of carboxylic acid groups (broad SMARTS) is 1. The molecular formula is C10H14N4O2. The molecular weight excluding hydrogens is 208 g/mol. The van der Waals surface area contributed by atoms with E-state index in [0.29, 0.717) is 5.95 Å². The molecule has 0 aromatic carbocycles. The smallest absolute Gasteiger partial charge is 0.338 e. The normalized spacial score (nSPS) is 17.4. The average Bonchev–Trinajstić information content (AvgIpc) is 2.30. The van der Waals surface area contributed by atoms with Gasteiger partial charge in [-0.2, -0.15) is 0 Å². The summed E-state index contributed by atoms with van der Waals surface area (Å²) in [6, 6.07) is 0.259. The van der Waals surface area contributed by atoms with Crippen molar-refractivity contribution in [2.24, 2.45) is 5.73 Å². The standard InChI is InChI=1S/C10H14N4O2/c11-8-1-3-14(4-2-8)10-12-5-7(6-13-10)9(15)16/h5-6,8H,1-4,11H2,(H,15,16). The lowest BCUT2D eigenvalue weighted by Crippen LogP contribution is -2.40. The second kappa shape index (κ2) is 4.44. The topological polar surface area (TPSA) is 92.3 Å². The average molecular weight is 222 g/mol. The highest BCUT2D eigenvalue weighted by Gasteiger charge is 2.18. The summed E-state index contributed by atoms with van der Waals surface area (Å²) in [7, 11) is 0. The van der Waals surface area contributed by atoms with E-state index in [-0.39, 0.29) is 11.6 Å². The van der Waals surface area contributed by atoms with Crippen molar-refractivity contribution in [2.45, 2.75) is 18.9 Å². The van der Waals surface area contributed by atoms with E-state index >= 15 is 0 Å². The van der Waals surface area contributed by atoms with E-state index in [2.05, 4.69) is 9.97 Å². The van der Waals surface area contributed by atoms with Crippen LogP contribution in [0.5, 0.6) is 0 Å². The second-order valence-electron chi connectivity index (χ2n) is 3.90. The lowest BCUT2D eigenvalue weighted by atomic mass is 10.1. The minimum Gasteiger partial charge on any atom is -0.478 e. The summed E-state index contributed by atoms with van der Waals surface area (Å²) in [6.45, 7) is 1.65. The Kier molecular flexibility index (Phi) is 3.00. The zero-order valence-corrected chi connectivity index (χ0v) is 8.83. The highest BCUT2D eigenvalue weighted by atomic mass is 16.4. The maximum Gasteiger partial charge on any atom is 0.338 e. The predicted molar refractivity (Wildman–Crippen MR) is 58.4 cm³/mol. The molecule has 1 aromatic rings. The molecule has 1 aliphatic heterocycles. The Hall–Kier alpha value is -1.69. The first-order valence-electron chi connectivity index (χ1n) is 5.22. The fourth-order valence-corrected chi connectivity index (χ4v) is 1.69. The highest BCUT2D eigenvalue weighted by Crippen LogP contribution is 2.14. The van der Waals surface area contributed by atoms with E-state index in [0.717, 1.165) is 25.9 Å². The van der Waals surface area contributed by atoms with Crippen LogP contribution < -0.4 is 10.6 Å². The predicted octanol–water partition coefficient (Wildman–Crippen LogP) is 0.102. The van der Waals surface area contributed by atoms with Gasteiger partial charge >= 0.3 is 5.97 Å². The number of rotatable bonds is 2. The molecule has 6 heteroatoms. The molecule has 1 aromatic heterocycles. The Morgan fingerprint density at radius 3 is 2.44 bits per heavy atom. The minimum atomic E-state index is -1.01. The quantitative estimate of drug-likeness (QED) is 0.737. The van der Waals surface area contributed by atoms with Crippen LogP contribution >= 0.6 is 0 Å². The fraction of sp³-hybridized carbons (Fsp3) is 0.500. The molecule has 0 saturated carbocycles. The lowest BCUT2D eigenvalue weighted by molar-refractivity contribution is 0.0696. The molecule has 0 unspecified atom stereocenters. The number of carboxylic acids is 1. The van der Waals surface area contributed by atoms with Crippen LogP contribution in [0.2, 0.25) is 0 Å². The molecule has 1 fully saturated rings. The zero-order chi connectivity index (χ0) is 11.5. The van der Waals surface area contributed by atoms with Crippen LogP contribution in [0.25, 0.3) is 0 Å². The van der Waals surface area contributed by atoms with Gasteiger partial charge in [0.05, 0.1) is 5.56 Å². The first-order valence-corrected chi connectivity index (χ1v) is 5.22. The van der Waals surface area contributed by atoms with E-state index in [9.17, 15) is 4.79 Å². The van der Waals surface area contributed by atoms with Gasteiger partial charge in [0.25, 0.3) is 0 Å². The first kappa shape index (κ1) is 10.8. The van der Waals surface area contributed by atoms with E-state index < -0.39 is 5.97 Å². The largest absolute Gasteiger partial charge is 0.478 e. The van der Waals surface area contributed by atoms with Crippen LogP contribution in [0.15, 0.2) is 12.4 Å². The van der Waals surface area contributed by atoms with Gasteiger partial charge in [-0.1, -0.05) is 0 Å². The lowest BCUT2D eigenvalue weighted by Gasteiger charge is -2.29. The van der Waals surface area contributed by atoms with Gasteiger partial charge in [0.1, 0.15) is 0 Å². The molecule has 1 saturated heterocycles. The van der Waals surface area contributed by atoms with E-state index in [1.807, 2.05) is 4.90 Å². The van der Waals surface area contributed by atoms with Gasteiger partial charge in [-0.15, -0.1) is 0 Å². The maximum atomic E-state index is 10.6. The van der Waals surface area contributed by atoms with Gasteiger partial charge in [0, 0.05) is 31.5 Å². The summed E-state index contributed by atoms with van der Waals surface area (Å²) >= 11 is 0. The second-order valence-corrected chi connectivity index (χ2v) is 3.90. The molecule has 3 N–H and O–H groups in total. The van der Waals surface area contributed by atoms with Crippen LogP contribution in [0.4, 0.5) is 5.95 Å². The van der Waals surface area contributed by atoms with Crippen LogP contribution in [-0.2, 0) is 0 Å². The summed E-state index contributed by atoms with van der Waals surface area (Å²) in [5.74, 6) is -0.427. The number of hydrogen-bond donors (Lipinski definition) is 2. The van der Waals surface area contributed by atoms with Gasteiger partial charge < -0.3 is 15.7 Å². The van der Waals surface area contributed by atoms with E-state index in [1.165, 1.54) is 12.4 Å². The van der Waals surface area contributed by atoms with Gasteiger partial charge in [-0.3, -0.25) is 0 Å². The van der Waals surface area contributed by atoms with Gasteiger partial charge in [0.15, 0.2) is 0 Å². The van der Waals surface area contributed by atoms with Crippen LogP contribution in [0.3, 0.4) is 0 Å². The minimum absolute atomic E-state index is 0.109. The Bertz CT molecular complexity index is 371. The van der Waals surface area contributed by atoms with Crippen molar-refractivity contribution >= 4 is 11.9 Å². The number of anilines is 1. The SMILES string of the molecule is NC1CCN(c2ncc(C(=O)O)cn2)CC1. The fourth-order valence-electron chi connectivity index (χ4n) is 1.69. The van der Waals surface area contributed by atoms with Crippen molar-refractivity contribution in [2.75, 3.05) is 18.0 Å². The molecule has 2 heterocycles. The van der Waals surface area contributed by atoms with Crippen LogP contribution in [-0.4, -0.2) is 40.2 Å². The summed E-state index contributed by atoms with van der Waals surface area (Å²) < 4.78 is 0. The molecule has 0 aliphatic carbocycles. The molecule has 0 spiro atoms. The molecule has 0 amide bonds. The third kappa shape index (κ3) is 2.27. The summed E-state index contributed by atoms with van der Waals surface area (Å²) in [4.78, 5) is 20.7. The van der Waals surface area contributed by atoms with E-state index in [4.69, 9.17) is 10.8 Å². The summed E-state index contributed by atoms with van der Waals surface area (Å²) in [6.07, 6.45) is 4.51. The van der Waals surface area contributed by atoms with Gasteiger partial charge in [-0.25, -0.2) is 14.8 Å². The van der Waals surface area contributed by atoms with E-state index in [1.54, 1.807) is 0 Å². The molecule has 1 aliphatic rings. The molecule has 2 rings (SSSR count). The molecule has 16 heavy (non-hydrogen) atoms. The van der Waals surface area contributed by atoms with Crippen LogP contribution in [0.1, 0.15) is 23.2 Å². The number of aromatic nitrogens is 2. The number of piperidine rings is 1. The van der Waals surface area contributed by atoms with Crippen molar-refractivity contribution in [3.05, 3.63) is 18.0 Å². The van der Waals surface area contributed by atoms with Crippen LogP contribution in [0, 0.1) is 0 Å². The van der Waals surface area contributed by atoms with Crippen molar-refractivity contribution in [3.63, 3.8) is 0 Å². The van der Waals surface area contributed by atoms with Crippen molar-refractivity contribution in [3.8, 4) is 0 Å². The first-order chi connectivity index (χ1) is 7.66. The zero-order valence-electron chi connectivity index (χ0n) is 8.83. The summed E-state index contributed by atoms with van der Waals surface area (Å²) in [5, 5.41) is 8.71. The molecule has 0 atom stereocenters. The monoisotopic (exact) mass is 222 g/mol. The number of hydrogen-bond acceptors (Lipinski definition) is 5. The van der Waals surface area contributed by atoms with Gasteiger partial charge in [0.2, 0.25) is 5.95 Å². The third-order valence-electron chi connectivity index (χ3n) is 2.71. The van der Waals surface area contributed by atoms with Crippen molar-refractivity contribution in [1.82, 2.24) is 9.97 Å². The highest BCUT2D eigenvalue weighted by molar-refractivity contribution is 5.86. The van der Waals surface area contributed by atoms with Gasteiger partial charge in [-0.05, 0) is 12.8 Å². The third-order valence-corrected chi connectivity index (χ3v) is 2.71. The summed E-state index contributed by atoms with van der Waals surface area (Å²) in [5.41, 5.74) is 5.90. The number of aromatic carboxylic acids is 1. The molecule has 0 radical (unpaired) electrons. The molecule has 0 bridgehead atoms. The van der Waals surface area contributed by atoms with Crippen molar-refractivity contribution < 1.29 is 9.90 Å². The maximum absolute atomic E-state index is 10.6. The Morgan fingerprint density at radius 2 is 1.94 bits per heavy atom. The Morgan fingerprint density at radius 1 is 1.38 bits per heavy atom.